The molecule has 5 nitrogen and oxygen atoms in total. The lowest BCUT2D eigenvalue weighted by molar-refractivity contribution is 0.103. The average Bonchev–Trinajstić information content (AvgIpc) is 3.03. The highest BCUT2D eigenvalue weighted by Crippen LogP contribution is 2.19. The second-order valence-electron chi connectivity index (χ2n) is 6.23. The average molecular weight is 380 g/mol. The van der Waals surface area contributed by atoms with Crippen molar-refractivity contribution in [2.24, 2.45) is 0 Å². The Kier molecular flexibility index (Phi) is 4.57. The van der Waals surface area contributed by atoms with Crippen LogP contribution in [0, 0.1) is 11.6 Å². The molecule has 0 amide bonds. The molecular formula is C21H14F2N2O3. The largest absolute Gasteiger partial charge is 0.419 e. The maximum Gasteiger partial charge on any atom is 0.419 e. The molecule has 2 aromatic heterocycles. The predicted molar refractivity (Wildman–Crippen MR) is 98.2 cm³/mol. The van der Waals surface area contributed by atoms with Gasteiger partial charge in [-0.1, -0.05) is 6.07 Å². The van der Waals surface area contributed by atoms with Gasteiger partial charge in [0.1, 0.15) is 0 Å². The Balaban J connectivity index is 1.64. The van der Waals surface area contributed by atoms with Crippen LogP contribution in [0.25, 0.3) is 11.1 Å². The Morgan fingerprint density at radius 1 is 1.00 bits per heavy atom. The normalized spacial score (nSPS) is 11.1. The zero-order valence-electron chi connectivity index (χ0n) is 14.6. The summed E-state index contributed by atoms with van der Waals surface area (Å²) in [6.07, 6.45) is 2.23. The van der Waals surface area contributed by atoms with Crippen molar-refractivity contribution in [3.05, 3.63) is 99.8 Å². The van der Waals surface area contributed by atoms with Crippen molar-refractivity contribution in [3.8, 4) is 0 Å². The standard InChI is InChI=1S/C21H14F2N2O3/c22-16-6-4-13(11-17(16)23)20(26)14-5-7-18-19(12-14)28-21(27)25(18)10-8-15-3-1-2-9-24-15/h1-7,9,11-12H,8,10H2. The molecule has 2 heterocycles. The number of oxazole rings is 1. The molecule has 0 aliphatic carbocycles. The van der Waals surface area contributed by atoms with Crippen molar-refractivity contribution < 1.29 is 18.0 Å². The number of benzene rings is 2. The molecular weight excluding hydrogens is 366 g/mol. The van der Waals surface area contributed by atoms with Crippen LogP contribution in [0.1, 0.15) is 21.6 Å². The molecule has 0 aliphatic rings. The molecule has 4 aromatic rings. The first-order chi connectivity index (χ1) is 13.5. The number of hydrogen-bond donors (Lipinski definition) is 0. The predicted octanol–water partition coefficient (Wildman–Crippen LogP) is 3.74. The number of nitrogens with zero attached hydrogens (tertiary/aromatic N) is 2. The number of aryl methyl sites for hydroxylation is 2. The molecule has 2 aromatic carbocycles. The number of fused-ring (bicyclic) bond motifs is 1. The number of carbonyl (C=O) groups excluding carboxylic acids is 1. The van der Waals surface area contributed by atoms with E-state index in [4.69, 9.17) is 4.42 Å². The highest BCUT2D eigenvalue weighted by atomic mass is 19.2. The van der Waals surface area contributed by atoms with Crippen LogP contribution in [0.5, 0.6) is 0 Å². The minimum absolute atomic E-state index is 0.00943. The number of halogens is 2. The van der Waals surface area contributed by atoms with Gasteiger partial charge < -0.3 is 4.42 Å². The van der Waals surface area contributed by atoms with Crippen molar-refractivity contribution in [1.82, 2.24) is 9.55 Å². The van der Waals surface area contributed by atoms with Crippen molar-refractivity contribution >= 4 is 16.9 Å². The number of pyridine rings is 1. The molecule has 0 spiro atoms. The fourth-order valence-corrected chi connectivity index (χ4v) is 3.00. The second-order valence-corrected chi connectivity index (χ2v) is 6.23. The van der Waals surface area contributed by atoms with Gasteiger partial charge in [-0.05, 0) is 48.5 Å². The number of rotatable bonds is 5. The first-order valence-corrected chi connectivity index (χ1v) is 8.56. The van der Waals surface area contributed by atoms with Crippen molar-refractivity contribution in [1.29, 1.82) is 0 Å². The Bertz CT molecular complexity index is 1230. The maximum absolute atomic E-state index is 13.4. The van der Waals surface area contributed by atoms with Crippen LogP contribution in [0.4, 0.5) is 8.78 Å². The van der Waals surface area contributed by atoms with Crippen LogP contribution in [-0.2, 0) is 13.0 Å². The van der Waals surface area contributed by atoms with Gasteiger partial charge in [0.15, 0.2) is 23.0 Å². The number of hydrogen-bond acceptors (Lipinski definition) is 4. The Hall–Kier alpha value is -3.61. The van der Waals surface area contributed by atoms with Gasteiger partial charge in [-0.2, -0.15) is 0 Å². The van der Waals surface area contributed by atoms with Gasteiger partial charge in [-0.25, -0.2) is 13.6 Å². The summed E-state index contributed by atoms with van der Waals surface area (Å²) in [4.78, 5) is 28.9. The van der Waals surface area contributed by atoms with E-state index >= 15 is 0 Å². The smallest absolute Gasteiger partial charge is 0.408 e. The molecule has 28 heavy (non-hydrogen) atoms. The summed E-state index contributed by atoms with van der Waals surface area (Å²) in [6, 6.07) is 13.1. The zero-order chi connectivity index (χ0) is 19.7. The van der Waals surface area contributed by atoms with E-state index in [1.165, 1.54) is 22.8 Å². The lowest BCUT2D eigenvalue weighted by Gasteiger charge is -2.04. The topological polar surface area (TPSA) is 65.1 Å². The quantitative estimate of drug-likeness (QED) is 0.495. The molecule has 0 bridgehead atoms. The van der Waals surface area contributed by atoms with E-state index in [9.17, 15) is 18.4 Å². The van der Waals surface area contributed by atoms with E-state index in [0.717, 1.165) is 17.8 Å². The Morgan fingerprint density at radius 2 is 1.79 bits per heavy atom. The summed E-state index contributed by atoms with van der Waals surface area (Å²) in [5.74, 6) is -3.16. The Morgan fingerprint density at radius 3 is 2.54 bits per heavy atom. The van der Waals surface area contributed by atoms with E-state index < -0.39 is 23.2 Å². The fourth-order valence-electron chi connectivity index (χ4n) is 3.00. The van der Waals surface area contributed by atoms with E-state index in [0.29, 0.717) is 18.5 Å². The lowest BCUT2D eigenvalue weighted by Crippen LogP contribution is -2.15. The summed E-state index contributed by atoms with van der Waals surface area (Å²) in [5, 5.41) is 0. The molecule has 0 saturated carbocycles. The van der Waals surface area contributed by atoms with Gasteiger partial charge >= 0.3 is 5.76 Å². The first kappa shape index (κ1) is 17.8. The maximum atomic E-state index is 13.4. The molecule has 0 fully saturated rings. The van der Waals surface area contributed by atoms with Crippen LogP contribution in [0.2, 0.25) is 0 Å². The molecule has 0 atom stereocenters. The number of carbonyl (C=O) groups is 1. The van der Waals surface area contributed by atoms with Crippen LogP contribution in [-0.4, -0.2) is 15.3 Å². The van der Waals surface area contributed by atoms with Gasteiger partial charge in [0.2, 0.25) is 0 Å². The summed E-state index contributed by atoms with van der Waals surface area (Å²) >= 11 is 0. The van der Waals surface area contributed by atoms with Crippen molar-refractivity contribution in [2.45, 2.75) is 13.0 Å². The lowest BCUT2D eigenvalue weighted by atomic mass is 10.0. The highest BCUT2D eigenvalue weighted by Gasteiger charge is 2.16. The number of aromatic nitrogens is 2. The summed E-state index contributed by atoms with van der Waals surface area (Å²) in [5.41, 5.74) is 1.86. The van der Waals surface area contributed by atoms with Gasteiger partial charge in [-0.15, -0.1) is 0 Å². The van der Waals surface area contributed by atoms with Gasteiger partial charge in [0, 0.05) is 36.0 Å². The minimum Gasteiger partial charge on any atom is -0.408 e. The SMILES string of the molecule is O=C(c1ccc(F)c(F)c1)c1ccc2c(c1)oc(=O)n2CCc1ccccn1. The number of ketones is 1. The molecule has 140 valence electrons. The van der Waals surface area contributed by atoms with Crippen LogP contribution in [0.3, 0.4) is 0 Å². The monoisotopic (exact) mass is 380 g/mol. The summed E-state index contributed by atoms with van der Waals surface area (Å²) in [7, 11) is 0. The molecule has 0 aliphatic heterocycles. The molecule has 7 heteroatoms. The third-order valence-electron chi connectivity index (χ3n) is 4.43. The second kappa shape index (κ2) is 7.19. The molecule has 0 N–H and O–H groups in total. The van der Waals surface area contributed by atoms with Crippen LogP contribution >= 0.6 is 0 Å². The third-order valence-corrected chi connectivity index (χ3v) is 4.43. The van der Waals surface area contributed by atoms with Crippen LogP contribution in [0.15, 0.2) is 70.0 Å². The Labute approximate surface area is 157 Å². The summed E-state index contributed by atoms with van der Waals surface area (Å²) in [6.45, 7) is 0.374. The first-order valence-electron chi connectivity index (χ1n) is 8.56. The van der Waals surface area contributed by atoms with Gasteiger partial charge in [0.05, 0.1) is 5.52 Å². The fraction of sp³-hybridized carbons (Fsp3) is 0.0952. The zero-order valence-corrected chi connectivity index (χ0v) is 14.6. The van der Waals surface area contributed by atoms with Crippen molar-refractivity contribution in [2.75, 3.05) is 0 Å². The van der Waals surface area contributed by atoms with E-state index in [1.807, 2.05) is 18.2 Å². The van der Waals surface area contributed by atoms with Crippen molar-refractivity contribution in [3.63, 3.8) is 0 Å². The van der Waals surface area contributed by atoms with Gasteiger partial charge in [-0.3, -0.25) is 14.3 Å². The molecule has 0 unspecified atom stereocenters. The minimum atomic E-state index is -1.10. The summed E-state index contributed by atoms with van der Waals surface area (Å²) < 4.78 is 33.2. The van der Waals surface area contributed by atoms with E-state index in [2.05, 4.69) is 4.98 Å². The molecule has 4 rings (SSSR count). The highest BCUT2D eigenvalue weighted by molar-refractivity contribution is 6.10. The molecule has 0 saturated heterocycles. The van der Waals surface area contributed by atoms with E-state index in [-0.39, 0.29) is 16.7 Å². The molecule has 0 radical (unpaired) electrons. The van der Waals surface area contributed by atoms with Gasteiger partial charge in [0.25, 0.3) is 0 Å². The van der Waals surface area contributed by atoms with E-state index in [1.54, 1.807) is 12.3 Å². The van der Waals surface area contributed by atoms with Crippen LogP contribution < -0.4 is 5.76 Å². The third kappa shape index (κ3) is 3.34.